The molecule has 2 aromatic carbocycles. The highest BCUT2D eigenvalue weighted by Gasteiger charge is 2.23. The maximum absolute atomic E-state index is 12.0. The fraction of sp³-hybridized carbons (Fsp3) is 0.333. The lowest BCUT2D eigenvalue weighted by atomic mass is 9.86. The zero-order valence-corrected chi connectivity index (χ0v) is 14.9. The van der Waals surface area contributed by atoms with Crippen LogP contribution in [0.5, 0.6) is 0 Å². The van der Waals surface area contributed by atoms with Crippen molar-refractivity contribution in [3.05, 3.63) is 71.8 Å². The Morgan fingerprint density at radius 1 is 1.00 bits per heavy atom. The van der Waals surface area contributed by atoms with Crippen LogP contribution in [-0.4, -0.2) is 24.0 Å². The Hall–Kier alpha value is -2.62. The topological polar surface area (TPSA) is 55.4 Å². The zero-order valence-electron chi connectivity index (χ0n) is 14.9. The fourth-order valence-electron chi connectivity index (χ4n) is 2.70. The second-order valence-electron chi connectivity index (χ2n) is 7.00. The van der Waals surface area contributed by atoms with Crippen LogP contribution < -0.4 is 5.32 Å². The van der Waals surface area contributed by atoms with Crippen LogP contribution in [0.2, 0.25) is 0 Å². The van der Waals surface area contributed by atoms with Gasteiger partial charge in [0.15, 0.2) is 0 Å². The number of aldehydes is 1. The maximum Gasteiger partial charge on any atom is 0.408 e. The Bertz CT molecular complexity index is 638. The van der Waals surface area contributed by atoms with Crippen molar-refractivity contribution >= 4 is 12.4 Å². The van der Waals surface area contributed by atoms with E-state index in [1.54, 1.807) is 20.8 Å². The first-order valence-electron chi connectivity index (χ1n) is 8.44. The minimum atomic E-state index is -0.625. The normalized spacial score (nSPS) is 12.5. The van der Waals surface area contributed by atoms with Crippen molar-refractivity contribution in [3.8, 4) is 0 Å². The average molecular weight is 339 g/mol. The molecule has 0 aliphatic carbocycles. The van der Waals surface area contributed by atoms with Gasteiger partial charge in [0.2, 0.25) is 0 Å². The van der Waals surface area contributed by atoms with E-state index in [4.69, 9.17) is 4.74 Å². The van der Waals surface area contributed by atoms with Gasteiger partial charge < -0.3 is 14.8 Å². The number of carbonyl (C=O) groups is 2. The van der Waals surface area contributed by atoms with E-state index in [9.17, 15) is 9.59 Å². The van der Waals surface area contributed by atoms with Gasteiger partial charge in [0.25, 0.3) is 0 Å². The van der Waals surface area contributed by atoms with Crippen LogP contribution in [0.25, 0.3) is 0 Å². The van der Waals surface area contributed by atoms with Gasteiger partial charge in [-0.2, -0.15) is 0 Å². The highest BCUT2D eigenvalue weighted by atomic mass is 16.6. The lowest BCUT2D eigenvalue weighted by Crippen LogP contribution is -2.40. The minimum Gasteiger partial charge on any atom is -0.444 e. The Kier molecular flexibility index (Phi) is 6.34. The molecule has 0 unspecified atom stereocenters. The van der Waals surface area contributed by atoms with Crippen LogP contribution in [-0.2, 0) is 9.53 Å². The molecule has 0 fully saturated rings. The van der Waals surface area contributed by atoms with Gasteiger partial charge in [-0.15, -0.1) is 0 Å². The summed E-state index contributed by atoms with van der Waals surface area (Å²) in [6.07, 6.45) is 0.656. The molecule has 0 saturated heterocycles. The zero-order chi connectivity index (χ0) is 18.3. The number of hydrogen-bond donors (Lipinski definition) is 1. The molecule has 0 aliphatic rings. The number of hydrogen-bond acceptors (Lipinski definition) is 3. The lowest BCUT2D eigenvalue weighted by Gasteiger charge is -2.24. The predicted molar refractivity (Wildman–Crippen MR) is 98.6 cm³/mol. The number of nitrogens with one attached hydrogen (secondary N) is 1. The Morgan fingerprint density at radius 3 is 1.88 bits per heavy atom. The van der Waals surface area contributed by atoms with E-state index >= 15 is 0 Å². The van der Waals surface area contributed by atoms with Gasteiger partial charge in [0.1, 0.15) is 11.9 Å². The molecule has 0 bridgehead atoms. The van der Waals surface area contributed by atoms with E-state index in [1.165, 1.54) is 0 Å². The lowest BCUT2D eigenvalue weighted by molar-refractivity contribution is -0.109. The standard InChI is InChI=1S/C21H25NO3/c1-21(2,3)25-20(24)22-18(15-23)14-19(16-10-6-4-7-11-16)17-12-8-5-9-13-17/h4-13,15,18-19H,14H2,1-3H3,(H,22,24)/t18-/m1/s1. The fourth-order valence-corrected chi connectivity index (χ4v) is 2.70. The quantitative estimate of drug-likeness (QED) is 0.798. The molecule has 1 atom stereocenters. The Balaban J connectivity index is 2.17. The molecule has 0 spiro atoms. The number of alkyl carbamates (subject to hydrolysis) is 1. The summed E-state index contributed by atoms with van der Waals surface area (Å²) in [7, 11) is 0. The van der Waals surface area contributed by atoms with Gasteiger partial charge >= 0.3 is 6.09 Å². The highest BCUT2D eigenvalue weighted by Crippen LogP contribution is 2.28. The van der Waals surface area contributed by atoms with Crippen LogP contribution in [0.1, 0.15) is 44.2 Å². The second kappa shape index (κ2) is 8.47. The van der Waals surface area contributed by atoms with Crippen molar-refractivity contribution in [2.75, 3.05) is 0 Å². The Morgan fingerprint density at radius 2 is 1.48 bits per heavy atom. The van der Waals surface area contributed by atoms with E-state index < -0.39 is 17.7 Å². The van der Waals surface area contributed by atoms with Crippen LogP contribution in [0, 0.1) is 0 Å². The number of ether oxygens (including phenoxy) is 1. The van der Waals surface area contributed by atoms with Crippen molar-refractivity contribution in [1.29, 1.82) is 0 Å². The van der Waals surface area contributed by atoms with E-state index in [0.29, 0.717) is 6.42 Å². The molecule has 0 saturated carbocycles. The van der Waals surface area contributed by atoms with Gasteiger partial charge in [0, 0.05) is 5.92 Å². The third-order valence-electron chi connectivity index (χ3n) is 3.76. The van der Waals surface area contributed by atoms with Gasteiger partial charge in [0.05, 0.1) is 6.04 Å². The molecular formula is C21H25NO3. The van der Waals surface area contributed by atoms with Crippen molar-refractivity contribution < 1.29 is 14.3 Å². The summed E-state index contributed by atoms with van der Waals surface area (Å²) in [5.41, 5.74) is 1.61. The molecule has 4 heteroatoms. The van der Waals surface area contributed by atoms with Crippen molar-refractivity contribution in [1.82, 2.24) is 5.32 Å². The molecule has 25 heavy (non-hydrogen) atoms. The third-order valence-corrected chi connectivity index (χ3v) is 3.76. The summed E-state index contributed by atoms with van der Waals surface area (Å²) in [4.78, 5) is 23.5. The molecule has 1 N–H and O–H groups in total. The summed E-state index contributed by atoms with van der Waals surface area (Å²) < 4.78 is 5.25. The number of rotatable bonds is 6. The first-order chi connectivity index (χ1) is 11.9. The highest BCUT2D eigenvalue weighted by molar-refractivity contribution is 5.73. The Labute approximate surface area is 149 Å². The van der Waals surface area contributed by atoms with Gasteiger partial charge in [-0.25, -0.2) is 4.79 Å². The van der Waals surface area contributed by atoms with E-state index in [1.807, 2.05) is 60.7 Å². The number of benzene rings is 2. The van der Waals surface area contributed by atoms with Crippen LogP contribution in [0.4, 0.5) is 4.79 Å². The maximum atomic E-state index is 12.0. The molecule has 4 nitrogen and oxygen atoms in total. The number of amides is 1. The first-order valence-corrected chi connectivity index (χ1v) is 8.44. The summed E-state index contributed by atoms with van der Waals surface area (Å²) in [5, 5.41) is 2.66. The average Bonchev–Trinajstić information content (AvgIpc) is 2.58. The molecule has 1 amide bonds. The number of carbonyl (C=O) groups excluding carboxylic acids is 2. The minimum absolute atomic E-state index is 0.00698. The molecule has 2 rings (SSSR count). The summed E-state index contributed by atoms with van der Waals surface area (Å²) in [6, 6.07) is 19.3. The van der Waals surface area contributed by atoms with Crippen molar-refractivity contribution in [3.63, 3.8) is 0 Å². The SMILES string of the molecule is CC(C)(C)OC(=O)N[C@@H](C=O)CC(c1ccccc1)c1ccccc1. The van der Waals surface area contributed by atoms with Gasteiger partial charge in [-0.3, -0.25) is 0 Å². The summed E-state index contributed by atoms with van der Waals surface area (Å²) in [6.45, 7) is 5.37. The van der Waals surface area contributed by atoms with E-state index in [2.05, 4.69) is 5.32 Å². The summed E-state index contributed by atoms with van der Waals surface area (Å²) in [5.74, 6) is 0.00698. The molecule has 0 heterocycles. The molecule has 2 aromatic rings. The van der Waals surface area contributed by atoms with Crippen LogP contribution in [0.15, 0.2) is 60.7 Å². The third kappa shape index (κ3) is 6.07. The predicted octanol–water partition coefficient (Wildman–Crippen LogP) is 4.30. The van der Waals surface area contributed by atoms with E-state index in [0.717, 1.165) is 17.4 Å². The second-order valence-corrected chi connectivity index (χ2v) is 7.00. The largest absolute Gasteiger partial charge is 0.444 e. The molecular weight excluding hydrogens is 314 g/mol. The molecule has 0 radical (unpaired) electrons. The molecule has 0 aliphatic heterocycles. The van der Waals surface area contributed by atoms with Gasteiger partial charge in [-0.05, 0) is 38.3 Å². The van der Waals surface area contributed by atoms with E-state index in [-0.39, 0.29) is 5.92 Å². The smallest absolute Gasteiger partial charge is 0.408 e. The van der Waals surface area contributed by atoms with Crippen LogP contribution in [0.3, 0.4) is 0 Å². The van der Waals surface area contributed by atoms with Crippen molar-refractivity contribution in [2.45, 2.75) is 44.8 Å². The monoisotopic (exact) mass is 339 g/mol. The van der Waals surface area contributed by atoms with Gasteiger partial charge in [-0.1, -0.05) is 60.7 Å². The summed E-state index contributed by atoms with van der Waals surface area (Å²) >= 11 is 0. The molecule has 132 valence electrons. The molecule has 0 aromatic heterocycles. The van der Waals surface area contributed by atoms with Crippen LogP contribution >= 0.6 is 0 Å². The van der Waals surface area contributed by atoms with Crippen molar-refractivity contribution in [2.24, 2.45) is 0 Å². The first kappa shape index (κ1) is 18.7.